The molecule has 50 heavy (non-hydrogen) atoms. The van der Waals surface area contributed by atoms with Crippen molar-refractivity contribution in [2.24, 2.45) is 0 Å². The maximum atomic E-state index is 11.9. The third-order valence-electron chi connectivity index (χ3n) is 8.15. The van der Waals surface area contributed by atoms with Crippen molar-refractivity contribution in [2.45, 2.75) is 26.2 Å². The number of benzene rings is 2. The number of aromatic nitrogens is 6. The molecule has 8 heterocycles. The van der Waals surface area contributed by atoms with Crippen LogP contribution in [-0.2, 0) is 35.8 Å². The standard InChI is InChI=1S/C38H36N10O2/c49-29-45-17-15-39-35-3-1-5-37(41-35)47-21-19-43(27-47)23-31-7-11-34(12-8-31)26-46(30-50)18-16-40-36-4-2-6-38(42-36)48-22-20-44(28-48)24-32-9-13-33(25-45)14-10-32/h1-22,27-30H,23-26H2,(H,39,41)(H,40,42)/q+2/b17-15-,18-16-. The van der Waals surface area contributed by atoms with Crippen LogP contribution in [-0.4, -0.2) is 41.7 Å². The molecular formula is C38H36N10O2+2. The normalized spacial score (nSPS) is 14.8. The summed E-state index contributed by atoms with van der Waals surface area (Å²) >= 11 is 0. The first kappa shape index (κ1) is 31.8. The van der Waals surface area contributed by atoms with Gasteiger partial charge in [0.2, 0.25) is 24.5 Å². The van der Waals surface area contributed by atoms with Crippen LogP contribution in [0.4, 0.5) is 11.6 Å². The molecule has 0 aliphatic carbocycles. The highest BCUT2D eigenvalue weighted by molar-refractivity contribution is 5.51. The van der Waals surface area contributed by atoms with Crippen molar-refractivity contribution in [3.8, 4) is 11.6 Å². The van der Waals surface area contributed by atoms with Crippen LogP contribution in [0.15, 0.2) is 147 Å². The molecule has 0 saturated carbocycles. The Labute approximate surface area is 289 Å². The topological polar surface area (TPSA) is 108 Å². The number of hydrogen-bond donors (Lipinski definition) is 2. The lowest BCUT2D eigenvalue weighted by molar-refractivity contribution is -0.687. The van der Waals surface area contributed by atoms with Crippen LogP contribution in [0.25, 0.3) is 11.6 Å². The highest BCUT2D eigenvalue weighted by atomic mass is 16.1. The van der Waals surface area contributed by atoms with Crippen LogP contribution in [0.2, 0.25) is 0 Å². The Morgan fingerprint density at radius 1 is 0.560 bits per heavy atom. The molecule has 12 bridgehead atoms. The third kappa shape index (κ3) is 8.00. The van der Waals surface area contributed by atoms with Gasteiger partial charge in [0.15, 0.2) is 0 Å². The average Bonchev–Trinajstić information content (AvgIpc) is 3.82. The zero-order valence-electron chi connectivity index (χ0n) is 27.2. The van der Waals surface area contributed by atoms with Crippen LogP contribution in [0, 0.1) is 0 Å². The van der Waals surface area contributed by atoms with Crippen molar-refractivity contribution in [3.05, 3.63) is 169 Å². The first-order valence-corrected chi connectivity index (χ1v) is 16.1. The highest BCUT2D eigenvalue weighted by Crippen LogP contribution is 2.13. The quantitative estimate of drug-likeness (QED) is 0.213. The summed E-state index contributed by atoms with van der Waals surface area (Å²) in [5.41, 5.74) is 4.27. The lowest BCUT2D eigenvalue weighted by Gasteiger charge is -2.13. The number of rotatable bonds is 2. The lowest BCUT2D eigenvalue weighted by Crippen LogP contribution is -2.31. The monoisotopic (exact) mass is 664 g/mol. The molecule has 0 radical (unpaired) electrons. The molecule has 0 saturated heterocycles. The van der Waals surface area contributed by atoms with E-state index in [1.807, 2.05) is 107 Å². The Morgan fingerprint density at radius 2 is 0.980 bits per heavy atom. The van der Waals surface area contributed by atoms with Gasteiger partial charge in [-0.3, -0.25) is 9.59 Å². The van der Waals surface area contributed by atoms with Gasteiger partial charge in [-0.05, 0) is 34.4 Å². The number of carbonyl (C=O) groups excluding carboxylic acids is 2. The largest absolute Gasteiger partial charge is 0.345 e. The minimum atomic E-state index is 0.434. The summed E-state index contributed by atoms with van der Waals surface area (Å²) < 4.78 is 8.07. The van der Waals surface area contributed by atoms with Crippen LogP contribution >= 0.6 is 0 Å². The smallest absolute Gasteiger partial charge is 0.250 e. The van der Waals surface area contributed by atoms with E-state index in [1.165, 1.54) is 0 Å². The number of hydrogen-bond acceptors (Lipinski definition) is 6. The van der Waals surface area contributed by atoms with Crippen LogP contribution < -0.4 is 19.8 Å². The van der Waals surface area contributed by atoms with E-state index in [0.29, 0.717) is 37.8 Å². The summed E-state index contributed by atoms with van der Waals surface area (Å²) in [5.74, 6) is 2.82. The van der Waals surface area contributed by atoms with Crippen molar-refractivity contribution in [1.29, 1.82) is 0 Å². The van der Waals surface area contributed by atoms with Gasteiger partial charge < -0.3 is 20.4 Å². The number of pyridine rings is 2. The molecule has 0 unspecified atom stereocenters. The number of amides is 2. The van der Waals surface area contributed by atoms with E-state index < -0.39 is 0 Å². The fourth-order valence-corrected chi connectivity index (χ4v) is 5.57. The van der Waals surface area contributed by atoms with E-state index in [1.54, 1.807) is 34.6 Å². The average molecular weight is 665 g/mol. The van der Waals surface area contributed by atoms with Gasteiger partial charge in [0.25, 0.3) is 12.7 Å². The zero-order valence-corrected chi connectivity index (χ0v) is 27.2. The summed E-state index contributed by atoms with van der Waals surface area (Å²) in [4.78, 5) is 36.3. The van der Waals surface area contributed by atoms with Gasteiger partial charge in [0.05, 0.1) is 13.1 Å². The lowest BCUT2D eigenvalue weighted by atomic mass is 10.1. The van der Waals surface area contributed by atoms with E-state index in [9.17, 15) is 9.59 Å². The van der Waals surface area contributed by atoms with E-state index in [2.05, 4.69) is 44.0 Å². The van der Waals surface area contributed by atoms with E-state index in [-0.39, 0.29) is 0 Å². The minimum Gasteiger partial charge on any atom is -0.345 e. The van der Waals surface area contributed by atoms with Crippen molar-refractivity contribution in [2.75, 3.05) is 10.6 Å². The predicted octanol–water partition coefficient (Wildman–Crippen LogP) is 4.13. The van der Waals surface area contributed by atoms with Gasteiger partial charge in [0, 0.05) is 36.9 Å². The molecule has 10 rings (SSSR count). The first-order chi connectivity index (χ1) is 24.6. The summed E-state index contributed by atoms with van der Waals surface area (Å²) in [7, 11) is 0. The van der Waals surface area contributed by atoms with E-state index in [0.717, 1.165) is 46.7 Å². The van der Waals surface area contributed by atoms with Gasteiger partial charge >= 0.3 is 0 Å². The second-order valence-electron chi connectivity index (χ2n) is 11.9. The number of anilines is 2. The molecule has 4 aliphatic rings. The molecule has 248 valence electrons. The summed E-state index contributed by atoms with van der Waals surface area (Å²) in [6, 6.07) is 27.9. The molecule has 2 N–H and O–H groups in total. The summed E-state index contributed by atoms with van der Waals surface area (Å²) in [6.07, 6.45) is 20.3. The Bertz CT molecular complexity index is 1980. The number of nitrogens with zero attached hydrogens (tertiary/aromatic N) is 8. The molecule has 2 aromatic carbocycles. The van der Waals surface area contributed by atoms with Gasteiger partial charge in [-0.2, -0.15) is 19.1 Å². The van der Waals surface area contributed by atoms with Gasteiger partial charge in [-0.25, -0.2) is 9.13 Å². The van der Waals surface area contributed by atoms with Crippen molar-refractivity contribution in [3.63, 3.8) is 0 Å². The fourth-order valence-electron chi connectivity index (χ4n) is 5.57. The molecule has 2 amide bonds. The van der Waals surface area contributed by atoms with E-state index in [4.69, 9.17) is 9.97 Å². The molecule has 6 aromatic rings. The molecule has 12 nitrogen and oxygen atoms in total. The Morgan fingerprint density at radius 3 is 1.40 bits per heavy atom. The number of nitrogens with one attached hydrogen (secondary N) is 2. The van der Waals surface area contributed by atoms with Crippen LogP contribution in [0.1, 0.15) is 22.3 Å². The number of carbonyl (C=O) groups is 2. The van der Waals surface area contributed by atoms with Crippen molar-refractivity contribution in [1.82, 2.24) is 28.9 Å². The minimum absolute atomic E-state index is 0.434. The molecule has 0 fully saturated rings. The van der Waals surface area contributed by atoms with Crippen LogP contribution in [0.5, 0.6) is 0 Å². The third-order valence-corrected chi connectivity index (χ3v) is 8.15. The van der Waals surface area contributed by atoms with Gasteiger partial charge in [0.1, 0.15) is 49.5 Å². The second-order valence-corrected chi connectivity index (χ2v) is 11.9. The van der Waals surface area contributed by atoms with Crippen molar-refractivity contribution < 1.29 is 18.7 Å². The number of imidazole rings is 2. The van der Waals surface area contributed by atoms with Gasteiger partial charge in [-0.15, -0.1) is 0 Å². The molecule has 0 spiro atoms. The first-order valence-electron chi connectivity index (χ1n) is 16.1. The van der Waals surface area contributed by atoms with Crippen molar-refractivity contribution >= 4 is 24.5 Å². The Kier molecular flexibility index (Phi) is 9.49. The molecule has 4 aromatic heterocycles. The molecule has 4 aliphatic heterocycles. The predicted molar refractivity (Wildman–Crippen MR) is 187 cm³/mol. The summed E-state index contributed by atoms with van der Waals surface area (Å²) in [6.45, 7) is 2.22. The summed E-state index contributed by atoms with van der Waals surface area (Å²) in [5, 5.41) is 6.36. The van der Waals surface area contributed by atoms with Crippen LogP contribution in [0.3, 0.4) is 0 Å². The maximum absolute atomic E-state index is 11.9. The SMILES string of the molecule is O=CN1/C=C\Nc2cccc(n2)-n2cc[n+](c2)Cc2ccc(cc2)CN(C=O)/C=C\Nc2cccc(n2)-n2cc[n+](c2)Cc2ccc(cc2)C1. The van der Waals surface area contributed by atoms with Gasteiger partial charge in [-0.1, -0.05) is 60.7 Å². The maximum Gasteiger partial charge on any atom is 0.250 e. The Balaban J connectivity index is 1.13. The molecule has 12 heteroatoms. The Hall–Kier alpha value is -6.82. The zero-order chi connectivity index (χ0) is 34.1. The fraction of sp³-hybridized carbons (Fsp3) is 0.105. The second kappa shape index (κ2) is 14.9. The highest BCUT2D eigenvalue weighted by Gasteiger charge is 2.12. The van der Waals surface area contributed by atoms with E-state index >= 15 is 0 Å². The molecule has 0 atom stereocenters. The molecular weight excluding hydrogens is 628 g/mol.